The van der Waals surface area contributed by atoms with Gasteiger partial charge >= 0.3 is 0 Å². The molecule has 0 bridgehead atoms. The van der Waals surface area contributed by atoms with Crippen molar-refractivity contribution < 1.29 is 0 Å². The number of para-hydroxylation sites is 4. The molecule has 13 aromatic rings. The molecular formula is C54H28N2O4. The van der Waals surface area contributed by atoms with Gasteiger partial charge < -0.3 is 8.80 Å². The minimum Gasteiger partial charge on any atom is -0.308 e. The van der Waals surface area contributed by atoms with E-state index in [2.05, 4.69) is 57.3 Å². The Morgan fingerprint density at radius 2 is 0.617 bits per heavy atom. The van der Waals surface area contributed by atoms with Crippen molar-refractivity contribution >= 4 is 97.7 Å². The van der Waals surface area contributed by atoms with Gasteiger partial charge in [0.25, 0.3) is 0 Å². The molecule has 0 amide bonds. The van der Waals surface area contributed by atoms with Crippen LogP contribution in [0.2, 0.25) is 0 Å². The number of nitrogens with zero attached hydrogens (tertiary/aromatic N) is 2. The number of rotatable bonds is 2. The molecule has 6 heteroatoms. The van der Waals surface area contributed by atoms with E-state index < -0.39 is 0 Å². The van der Waals surface area contributed by atoms with E-state index in [0.29, 0.717) is 54.1 Å². The van der Waals surface area contributed by atoms with Crippen LogP contribution in [-0.4, -0.2) is 8.80 Å². The Balaban J connectivity index is 1.08. The Morgan fingerprint density at radius 1 is 0.267 bits per heavy atom. The molecule has 9 aromatic carbocycles. The molecular weight excluding hydrogens is 741 g/mol. The van der Waals surface area contributed by atoms with Crippen molar-refractivity contribution in [2.45, 2.75) is 0 Å². The molecule has 0 saturated carbocycles. The quantitative estimate of drug-likeness (QED) is 0.130. The highest BCUT2D eigenvalue weighted by molar-refractivity contribution is 6.14. The van der Waals surface area contributed by atoms with Crippen molar-refractivity contribution in [1.29, 1.82) is 0 Å². The highest BCUT2D eigenvalue weighted by Crippen LogP contribution is 2.40. The normalized spacial score (nSPS) is 12.3. The first-order valence-electron chi connectivity index (χ1n) is 19.9. The molecule has 4 heterocycles. The second-order valence-corrected chi connectivity index (χ2v) is 15.8. The minimum absolute atomic E-state index is 0.0825. The summed E-state index contributed by atoms with van der Waals surface area (Å²) in [4.78, 5) is 56.1. The lowest BCUT2D eigenvalue weighted by Gasteiger charge is -2.17. The van der Waals surface area contributed by atoms with Crippen molar-refractivity contribution in [3.05, 3.63) is 211 Å². The van der Waals surface area contributed by atoms with Crippen molar-refractivity contribution in [3.63, 3.8) is 0 Å². The predicted molar refractivity (Wildman–Crippen MR) is 247 cm³/mol. The average Bonchev–Trinajstić information content (AvgIpc) is 3.30. The van der Waals surface area contributed by atoms with Crippen molar-refractivity contribution in [2.24, 2.45) is 0 Å². The van der Waals surface area contributed by atoms with Gasteiger partial charge in [-0.2, -0.15) is 0 Å². The summed E-state index contributed by atoms with van der Waals surface area (Å²) in [6.07, 6.45) is 0. The molecule has 0 aliphatic heterocycles. The fourth-order valence-electron chi connectivity index (χ4n) is 10.0. The Kier molecular flexibility index (Phi) is 6.39. The number of hydrogen-bond donors (Lipinski definition) is 0. The van der Waals surface area contributed by atoms with Crippen LogP contribution in [0.15, 0.2) is 189 Å². The van der Waals surface area contributed by atoms with E-state index in [0.717, 1.165) is 65.9 Å². The van der Waals surface area contributed by atoms with E-state index in [4.69, 9.17) is 0 Å². The zero-order chi connectivity index (χ0) is 40.0. The van der Waals surface area contributed by atoms with Gasteiger partial charge in [-0.1, -0.05) is 84.9 Å². The van der Waals surface area contributed by atoms with Crippen LogP contribution in [0.5, 0.6) is 0 Å². The van der Waals surface area contributed by atoms with E-state index in [1.54, 1.807) is 24.3 Å². The maximum absolute atomic E-state index is 14.4. The number of aromatic nitrogens is 2. The summed E-state index contributed by atoms with van der Waals surface area (Å²) in [5, 5.41) is 8.59. The Labute approximate surface area is 338 Å². The summed E-state index contributed by atoms with van der Waals surface area (Å²) in [5.41, 5.74) is 7.58. The second-order valence-electron chi connectivity index (χ2n) is 15.8. The number of pyridine rings is 4. The molecule has 0 aliphatic rings. The Bertz CT molecular complexity index is 4060. The second kappa shape index (κ2) is 11.7. The summed E-state index contributed by atoms with van der Waals surface area (Å²) in [6, 6.07) is 55.0. The molecule has 6 nitrogen and oxygen atoms in total. The lowest BCUT2D eigenvalue weighted by molar-refractivity contribution is 1.31. The molecule has 0 atom stereocenters. The van der Waals surface area contributed by atoms with Crippen LogP contribution in [0.4, 0.5) is 0 Å². The van der Waals surface area contributed by atoms with Gasteiger partial charge in [-0.15, -0.1) is 0 Å². The van der Waals surface area contributed by atoms with Crippen LogP contribution < -0.4 is 21.7 Å². The first kappa shape index (κ1) is 32.8. The van der Waals surface area contributed by atoms with E-state index in [1.165, 1.54) is 0 Å². The van der Waals surface area contributed by atoms with Gasteiger partial charge in [0.1, 0.15) is 0 Å². The van der Waals surface area contributed by atoms with Crippen molar-refractivity contribution in [3.8, 4) is 22.3 Å². The number of hydrogen-bond acceptors (Lipinski definition) is 4. The number of fused-ring (bicyclic) bond motifs is 10. The highest BCUT2D eigenvalue weighted by atomic mass is 16.1. The van der Waals surface area contributed by atoms with E-state index in [9.17, 15) is 19.2 Å². The third-order valence-electron chi connectivity index (χ3n) is 12.7. The molecule has 4 aromatic heterocycles. The van der Waals surface area contributed by atoms with Gasteiger partial charge in [0.2, 0.25) is 0 Å². The Morgan fingerprint density at radius 3 is 1.05 bits per heavy atom. The van der Waals surface area contributed by atoms with Crippen LogP contribution in [0, 0.1) is 0 Å². The first-order valence-corrected chi connectivity index (χ1v) is 19.9. The lowest BCUT2D eigenvalue weighted by atomic mass is 9.89. The van der Waals surface area contributed by atoms with Gasteiger partial charge in [0.15, 0.2) is 21.7 Å². The summed E-state index contributed by atoms with van der Waals surface area (Å²) in [7, 11) is 0. The third kappa shape index (κ3) is 4.21. The summed E-state index contributed by atoms with van der Waals surface area (Å²) >= 11 is 0. The molecule has 0 radical (unpaired) electrons. The summed E-state index contributed by atoms with van der Waals surface area (Å²) < 4.78 is 4.13. The van der Waals surface area contributed by atoms with E-state index in [1.807, 2.05) is 97.1 Å². The van der Waals surface area contributed by atoms with E-state index in [-0.39, 0.29) is 21.7 Å². The van der Waals surface area contributed by atoms with Gasteiger partial charge in [-0.25, -0.2) is 0 Å². The van der Waals surface area contributed by atoms with Crippen LogP contribution in [-0.2, 0) is 0 Å². The average molecular weight is 769 g/mol. The first-order chi connectivity index (χ1) is 29.4. The zero-order valence-corrected chi connectivity index (χ0v) is 31.7. The van der Waals surface area contributed by atoms with Crippen molar-refractivity contribution in [2.75, 3.05) is 0 Å². The fraction of sp³-hybridized carbons (Fsp3) is 0. The van der Waals surface area contributed by atoms with Gasteiger partial charge in [-0.3, -0.25) is 19.2 Å². The standard InChI is InChI=1S/C54H28N2O4/c57-51-35-11-3-5-17-45(35)55-47-23-19-31(27-43(47)53(59)39-15-7-13-37(51)49(39)55)33-21-22-34(42-26-30-10-2-1-9-29(30)25-41(33)42)32-20-24-48-44(28-32)54(60)40-16-8-14-38-50(40)56(48)46-18-6-4-12-36(46)52(38)58/h1-28H. The molecule has 13 rings (SSSR count). The topological polar surface area (TPSA) is 77.1 Å². The van der Waals surface area contributed by atoms with Crippen LogP contribution in [0.3, 0.4) is 0 Å². The predicted octanol–water partition coefficient (Wildman–Crippen LogP) is 11.1. The van der Waals surface area contributed by atoms with Crippen LogP contribution >= 0.6 is 0 Å². The summed E-state index contributed by atoms with van der Waals surface area (Å²) in [6.45, 7) is 0. The van der Waals surface area contributed by atoms with Crippen LogP contribution in [0.25, 0.3) is 120 Å². The van der Waals surface area contributed by atoms with Gasteiger partial charge in [-0.05, 0) is 129 Å². The van der Waals surface area contributed by atoms with Crippen LogP contribution in [0.1, 0.15) is 0 Å². The van der Waals surface area contributed by atoms with Gasteiger partial charge in [0.05, 0.1) is 33.1 Å². The number of benzene rings is 9. The zero-order valence-electron chi connectivity index (χ0n) is 31.7. The molecule has 0 aliphatic carbocycles. The maximum atomic E-state index is 14.4. The largest absolute Gasteiger partial charge is 0.308 e. The maximum Gasteiger partial charge on any atom is 0.197 e. The molecule has 60 heavy (non-hydrogen) atoms. The molecule has 0 fully saturated rings. The molecule has 278 valence electrons. The van der Waals surface area contributed by atoms with E-state index >= 15 is 0 Å². The minimum atomic E-state index is -0.119. The molecule has 0 saturated heterocycles. The smallest absolute Gasteiger partial charge is 0.197 e. The SMILES string of the molecule is O=c1c2ccccc2n2c3ccc(-c4ccc(-c5ccc6c(c5)c(=O)c5cccc7c(=O)c8ccccc8n6c75)c5cc6ccccc6cc45)cc3c(=O)c3cccc1c32. The Hall–Kier alpha value is -8.22. The highest BCUT2D eigenvalue weighted by Gasteiger charge is 2.21. The lowest BCUT2D eigenvalue weighted by Crippen LogP contribution is -2.14. The van der Waals surface area contributed by atoms with Crippen molar-refractivity contribution in [1.82, 2.24) is 8.80 Å². The fourth-order valence-corrected chi connectivity index (χ4v) is 10.0. The van der Waals surface area contributed by atoms with Gasteiger partial charge in [0, 0.05) is 43.1 Å². The molecule has 0 spiro atoms. The third-order valence-corrected chi connectivity index (χ3v) is 12.7. The molecule has 0 unspecified atom stereocenters. The monoisotopic (exact) mass is 768 g/mol. The molecule has 0 N–H and O–H groups in total. The summed E-state index contributed by atoms with van der Waals surface area (Å²) in [5.74, 6) is 0.